The molecule has 11 nitrogen and oxygen atoms in total. The number of rotatable bonds is 7. The standard InChI is InChI=1S/C24H16Cl2N6O5S/c25-13-5-10-18(16(11-13)22(33)30-24-29-21-20(23(34)31-24)27-12-28-21)32-38(35,36)15-8-6-14(7-9-15)37-19-4-2-1-3-17(19)26/h1-12,32H,(H3,27,28,29,30,31,33,34). The van der Waals surface area contributed by atoms with Crippen LogP contribution in [0.25, 0.3) is 11.2 Å². The van der Waals surface area contributed by atoms with Gasteiger partial charge in [-0.05, 0) is 54.6 Å². The highest BCUT2D eigenvalue weighted by Gasteiger charge is 2.21. The number of amides is 1. The van der Waals surface area contributed by atoms with Crippen LogP contribution in [0.3, 0.4) is 0 Å². The third-order valence-corrected chi connectivity index (χ3v) is 7.13. The number of nitrogens with zero attached hydrogens (tertiary/aromatic N) is 2. The van der Waals surface area contributed by atoms with Crippen molar-refractivity contribution < 1.29 is 17.9 Å². The Morgan fingerprint density at radius 2 is 1.76 bits per heavy atom. The number of fused-ring (bicyclic) bond motifs is 1. The molecule has 38 heavy (non-hydrogen) atoms. The number of anilines is 2. The van der Waals surface area contributed by atoms with Gasteiger partial charge in [0.15, 0.2) is 11.2 Å². The first-order chi connectivity index (χ1) is 18.2. The number of carbonyl (C=O) groups excluding carboxylic acids is 1. The van der Waals surface area contributed by atoms with Crippen LogP contribution in [-0.4, -0.2) is 34.3 Å². The lowest BCUT2D eigenvalue weighted by molar-refractivity contribution is 0.102. The van der Waals surface area contributed by atoms with E-state index in [1.54, 1.807) is 24.3 Å². The predicted molar refractivity (Wildman–Crippen MR) is 143 cm³/mol. The fourth-order valence-electron chi connectivity index (χ4n) is 3.42. The molecule has 3 aromatic carbocycles. The van der Waals surface area contributed by atoms with Crippen LogP contribution < -0.4 is 20.3 Å². The van der Waals surface area contributed by atoms with Crippen molar-refractivity contribution in [1.29, 1.82) is 0 Å². The minimum Gasteiger partial charge on any atom is -0.456 e. The summed E-state index contributed by atoms with van der Waals surface area (Å²) in [6, 6.07) is 16.5. The van der Waals surface area contributed by atoms with E-state index in [0.717, 1.165) is 0 Å². The number of para-hydroxylation sites is 1. The molecule has 14 heteroatoms. The van der Waals surface area contributed by atoms with E-state index < -0.39 is 21.5 Å². The predicted octanol–water partition coefficient (Wildman–Crippen LogP) is 4.80. The summed E-state index contributed by atoms with van der Waals surface area (Å²) < 4.78 is 34.3. The van der Waals surface area contributed by atoms with Crippen LogP contribution >= 0.6 is 23.2 Å². The summed E-state index contributed by atoms with van der Waals surface area (Å²) in [5, 5.41) is 3.02. The lowest BCUT2D eigenvalue weighted by Crippen LogP contribution is -2.21. The number of nitrogens with one attached hydrogen (secondary N) is 4. The minimum absolute atomic E-state index is 0.0495. The molecular formula is C24H16Cl2N6O5S. The van der Waals surface area contributed by atoms with Gasteiger partial charge in [-0.2, -0.15) is 4.98 Å². The van der Waals surface area contributed by atoms with Gasteiger partial charge in [-0.1, -0.05) is 35.3 Å². The lowest BCUT2D eigenvalue weighted by atomic mass is 10.1. The van der Waals surface area contributed by atoms with Gasteiger partial charge in [0.05, 0.1) is 27.5 Å². The smallest absolute Gasteiger partial charge is 0.278 e. The Morgan fingerprint density at radius 3 is 2.53 bits per heavy atom. The number of ether oxygens (including phenoxy) is 1. The number of imidazole rings is 1. The molecule has 0 saturated heterocycles. The van der Waals surface area contributed by atoms with Gasteiger partial charge in [0.25, 0.3) is 21.5 Å². The second kappa shape index (κ2) is 10.2. The Bertz CT molecular complexity index is 1840. The highest BCUT2D eigenvalue weighted by molar-refractivity contribution is 7.92. The zero-order valence-corrected chi connectivity index (χ0v) is 21.4. The molecule has 0 fully saturated rings. The Morgan fingerprint density at radius 1 is 1.00 bits per heavy atom. The third kappa shape index (κ3) is 5.32. The van der Waals surface area contributed by atoms with E-state index in [2.05, 4.69) is 30.0 Å². The molecule has 0 aliphatic rings. The summed E-state index contributed by atoms with van der Waals surface area (Å²) in [5.41, 5.74) is -0.465. The van der Waals surface area contributed by atoms with Gasteiger partial charge in [-0.25, -0.2) is 13.4 Å². The van der Waals surface area contributed by atoms with Crippen LogP contribution in [0.2, 0.25) is 10.0 Å². The molecule has 0 unspecified atom stereocenters. The maximum Gasteiger partial charge on any atom is 0.278 e. The second-order valence-corrected chi connectivity index (χ2v) is 10.3. The molecular weight excluding hydrogens is 555 g/mol. The zero-order chi connectivity index (χ0) is 26.9. The zero-order valence-electron chi connectivity index (χ0n) is 19.0. The molecule has 0 atom stereocenters. The van der Waals surface area contributed by atoms with E-state index in [4.69, 9.17) is 27.9 Å². The van der Waals surface area contributed by atoms with E-state index in [-0.39, 0.29) is 38.3 Å². The molecule has 1 amide bonds. The number of sulfonamides is 1. The maximum atomic E-state index is 13.1. The molecule has 192 valence electrons. The Kier molecular flexibility index (Phi) is 6.76. The molecule has 5 rings (SSSR count). The average Bonchev–Trinajstić information content (AvgIpc) is 3.36. The number of benzene rings is 3. The van der Waals surface area contributed by atoms with Crippen molar-refractivity contribution in [1.82, 2.24) is 19.9 Å². The van der Waals surface area contributed by atoms with E-state index in [9.17, 15) is 18.0 Å². The molecule has 0 bridgehead atoms. The first-order valence-electron chi connectivity index (χ1n) is 10.8. The van der Waals surface area contributed by atoms with Crippen molar-refractivity contribution in [3.8, 4) is 11.5 Å². The summed E-state index contributed by atoms with van der Waals surface area (Å²) in [7, 11) is -4.12. The largest absolute Gasteiger partial charge is 0.456 e. The van der Waals surface area contributed by atoms with E-state index in [0.29, 0.717) is 16.5 Å². The van der Waals surface area contributed by atoms with Gasteiger partial charge < -0.3 is 9.72 Å². The molecule has 0 saturated carbocycles. The monoisotopic (exact) mass is 570 g/mol. The molecule has 0 aliphatic carbocycles. The highest BCUT2D eigenvalue weighted by Crippen LogP contribution is 2.30. The van der Waals surface area contributed by atoms with Gasteiger partial charge in [0.2, 0.25) is 5.95 Å². The summed E-state index contributed by atoms with van der Waals surface area (Å²) in [5.74, 6) is -0.157. The molecule has 0 aliphatic heterocycles. The van der Waals surface area contributed by atoms with Crippen LogP contribution in [0.1, 0.15) is 10.4 Å². The topological polar surface area (TPSA) is 159 Å². The summed E-state index contributed by atoms with van der Waals surface area (Å²) >= 11 is 12.2. The van der Waals surface area contributed by atoms with Crippen LogP contribution in [0.5, 0.6) is 11.5 Å². The number of aromatic amines is 2. The molecule has 4 N–H and O–H groups in total. The van der Waals surface area contributed by atoms with Crippen molar-refractivity contribution >= 4 is 61.9 Å². The van der Waals surface area contributed by atoms with Crippen LogP contribution in [0.4, 0.5) is 11.6 Å². The number of H-pyrrole nitrogens is 2. The van der Waals surface area contributed by atoms with E-state index in [1.807, 2.05) is 0 Å². The highest BCUT2D eigenvalue weighted by atomic mass is 35.5. The number of halogens is 2. The van der Waals surface area contributed by atoms with Gasteiger partial charge in [0.1, 0.15) is 11.5 Å². The van der Waals surface area contributed by atoms with Gasteiger partial charge in [-0.15, -0.1) is 0 Å². The van der Waals surface area contributed by atoms with Gasteiger partial charge in [0, 0.05) is 5.02 Å². The van der Waals surface area contributed by atoms with Crippen molar-refractivity contribution in [2.24, 2.45) is 0 Å². The molecule has 5 aromatic rings. The number of aromatic nitrogens is 4. The number of hydrogen-bond acceptors (Lipinski definition) is 7. The normalized spacial score (nSPS) is 11.3. The van der Waals surface area contributed by atoms with Crippen molar-refractivity contribution in [3.05, 3.63) is 99.0 Å². The first kappa shape index (κ1) is 25.3. The van der Waals surface area contributed by atoms with Gasteiger partial charge >= 0.3 is 0 Å². The fraction of sp³-hybridized carbons (Fsp3) is 0. The van der Waals surface area contributed by atoms with Crippen LogP contribution in [-0.2, 0) is 10.0 Å². The minimum atomic E-state index is -4.12. The second-order valence-electron chi connectivity index (χ2n) is 7.77. The summed E-state index contributed by atoms with van der Waals surface area (Å²) in [6.45, 7) is 0. The van der Waals surface area contributed by atoms with E-state index in [1.165, 1.54) is 48.8 Å². The molecule has 2 heterocycles. The van der Waals surface area contributed by atoms with Crippen molar-refractivity contribution in [2.45, 2.75) is 4.90 Å². The van der Waals surface area contributed by atoms with Gasteiger partial charge in [-0.3, -0.25) is 24.6 Å². The van der Waals surface area contributed by atoms with Crippen LogP contribution in [0, 0.1) is 0 Å². The lowest BCUT2D eigenvalue weighted by Gasteiger charge is -2.13. The Balaban J connectivity index is 1.38. The quantitative estimate of drug-likeness (QED) is 0.218. The first-order valence-corrected chi connectivity index (χ1v) is 13.0. The van der Waals surface area contributed by atoms with E-state index >= 15 is 0 Å². The average molecular weight is 571 g/mol. The number of carbonyl (C=O) groups is 1. The van der Waals surface area contributed by atoms with Crippen molar-refractivity contribution in [3.63, 3.8) is 0 Å². The summed E-state index contributed by atoms with van der Waals surface area (Å²) in [4.78, 5) is 38.1. The molecule has 2 aromatic heterocycles. The SMILES string of the molecule is O=C(Nc1nc2nc[nH]c2c(=O)[nH]1)c1cc(Cl)ccc1NS(=O)(=O)c1ccc(Oc2ccccc2Cl)cc1. The number of hydrogen-bond donors (Lipinski definition) is 4. The Hall–Kier alpha value is -4.39. The van der Waals surface area contributed by atoms with Crippen LogP contribution in [0.15, 0.2) is 82.7 Å². The van der Waals surface area contributed by atoms with Crippen molar-refractivity contribution in [2.75, 3.05) is 10.0 Å². The summed E-state index contributed by atoms with van der Waals surface area (Å²) in [6.07, 6.45) is 1.29. The fourth-order valence-corrected chi connectivity index (χ4v) is 4.84. The molecule has 0 radical (unpaired) electrons. The maximum absolute atomic E-state index is 13.1. The third-order valence-electron chi connectivity index (χ3n) is 5.20. The Labute approximate surface area is 224 Å². The molecule has 0 spiro atoms.